The summed E-state index contributed by atoms with van der Waals surface area (Å²) in [5.74, 6) is 4.42. The average Bonchev–Trinajstić information content (AvgIpc) is 2.71. The Morgan fingerprint density at radius 3 is 2.61 bits per heavy atom. The lowest BCUT2D eigenvalue weighted by Crippen LogP contribution is -2.55. The second-order valence-electron chi connectivity index (χ2n) is 7.89. The molecule has 0 fully saturated rings. The van der Waals surface area contributed by atoms with E-state index in [1.54, 1.807) is 20.8 Å². The number of carbonyl (C=O) groups is 2. The molecule has 3 rings (SSSR count). The zero-order valence-corrected chi connectivity index (χ0v) is 18.7. The normalized spacial score (nSPS) is 16.2. The molecule has 2 heterocycles. The molecule has 0 saturated carbocycles. The first-order valence-corrected chi connectivity index (χ1v) is 10.1. The van der Waals surface area contributed by atoms with Gasteiger partial charge >= 0.3 is 6.09 Å². The second-order valence-corrected chi connectivity index (χ2v) is 8.68. The van der Waals surface area contributed by atoms with Crippen molar-refractivity contribution in [3.63, 3.8) is 0 Å². The number of allylic oxidation sites excluding steroid dienone is 1. The van der Waals surface area contributed by atoms with Crippen molar-refractivity contribution in [1.82, 2.24) is 26.1 Å². The maximum atomic E-state index is 14.0. The molecule has 9 nitrogen and oxygen atoms in total. The zero-order valence-electron chi connectivity index (χ0n) is 17.2. The number of nitrogens with two attached hydrogens (primary N) is 1. The fraction of sp³-hybridized carbons (Fsp3) is 0.368. The summed E-state index contributed by atoms with van der Waals surface area (Å²) in [6.45, 7) is 6.05. The number of hydrogen-bond acceptors (Lipinski definition) is 7. The lowest BCUT2D eigenvalue weighted by atomic mass is 10.1. The Balaban J connectivity index is 2.01. The standard InChI is InChI=1S/C19H23Cl2FN6O3/c1-19(2,3)31-18(30)28-7-6-27(9-10-11(20)4-5-12(22)15(10)21)14-8-13(17(29)24-23)25-26-16(14)28/h4-5,8,25-26H,6-7,9,23H2,1-3H3,(H,24,29). The van der Waals surface area contributed by atoms with Crippen molar-refractivity contribution >= 4 is 35.2 Å². The number of nitrogens with one attached hydrogen (secondary N) is 3. The SMILES string of the molecule is CC(C)(C)OC(=O)N1CCN(Cc2c(Cl)ccc(F)c2Cl)C2=C1NNC(C(=O)NN)=C2. The van der Waals surface area contributed by atoms with E-state index >= 15 is 0 Å². The van der Waals surface area contributed by atoms with E-state index in [1.807, 2.05) is 10.3 Å². The first kappa shape index (κ1) is 23.0. The van der Waals surface area contributed by atoms with Crippen LogP contribution in [0, 0.1) is 5.82 Å². The van der Waals surface area contributed by atoms with Gasteiger partial charge in [-0.3, -0.25) is 26.0 Å². The Hall–Kier alpha value is -2.69. The van der Waals surface area contributed by atoms with Crippen LogP contribution in [0.5, 0.6) is 0 Å². The highest BCUT2D eigenvalue weighted by Crippen LogP contribution is 2.32. The lowest BCUT2D eigenvalue weighted by molar-refractivity contribution is -0.118. The van der Waals surface area contributed by atoms with E-state index in [-0.39, 0.29) is 23.8 Å². The quantitative estimate of drug-likeness (QED) is 0.231. The zero-order chi connectivity index (χ0) is 22.9. The Morgan fingerprint density at radius 2 is 1.97 bits per heavy atom. The number of halogens is 3. The molecule has 2 aliphatic heterocycles. The van der Waals surface area contributed by atoms with Crippen LogP contribution in [0.3, 0.4) is 0 Å². The number of ether oxygens (including phenoxy) is 1. The summed E-state index contributed by atoms with van der Waals surface area (Å²) in [6.07, 6.45) is 0.960. The van der Waals surface area contributed by atoms with E-state index in [4.69, 9.17) is 33.8 Å². The van der Waals surface area contributed by atoms with Crippen molar-refractivity contribution in [2.75, 3.05) is 13.1 Å². The maximum Gasteiger partial charge on any atom is 0.416 e. The van der Waals surface area contributed by atoms with Crippen LogP contribution in [0.2, 0.25) is 10.0 Å². The number of carbonyl (C=O) groups excluding carboxylic acids is 2. The molecule has 5 N–H and O–H groups in total. The predicted octanol–water partition coefficient (Wildman–Crippen LogP) is 2.34. The Bertz CT molecular complexity index is 976. The molecule has 0 bridgehead atoms. The van der Waals surface area contributed by atoms with Crippen LogP contribution in [-0.4, -0.2) is 40.5 Å². The summed E-state index contributed by atoms with van der Waals surface area (Å²) in [4.78, 5) is 28.0. The van der Waals surface area contributed by atoms with E-state index in [9.17, 15) is 14.0 Å². The van der Waals surface area contributed by atoms with E-state index in [1.165, 1.54) is 23.1 Å². The molecule has 0 radical (unpaired) electrons. The highest BCUT2D eigenvalue weighted by Gasteiger charge is 2.35. The number of hydrogen-bond donors (Lipinski definition) is 4. The van der Waals surface area contributed by atoms with E-state index in [2.05, 4.69) is 10.9 Å². The summed E-state index contributed by atoms with van der Waals surface area (Å²) in [5, 5.41) is 0.212. The second kappa shape index (κ2) is 8.81. The minimum absolute atomic E-state index is 0.0879. The van der Waals surface area contributed by atoms with Gasteiger partial charge in [-0.1, -0.05) is 23.2 Å². The van der Waals surface area contributed by atoms with Crippen LogP contribution in [0.15, 0.2) is 35.4 Å². The molecule has 0 saturated heterocycles. The molecule has 0 unspecified atom stereocenters. The molecule has 0 spiro atoms. The molecule has 168 valence electrons. The lowest BCUT2D eigenvalue weighted by Gasteiger charge is -2.41. The number of rotatable bonds is 3. The van der Waals surface area contributed by atoms with E-state index in [0.717, 1.165) is 0 Å². The summed E-state index contributed by atoms with van der Waals surface area (Å²) in [7, 11) is 0. The first-order valence-electron chi connectivity index (χ1n) is 9.38. The van der Waals surface area contributed by atoms with Crippen molar-refractivity contribution < 1.29 is 18.7 Å². The van der Waals surface area contributed by atoms with Gasteiger partial charge in [0.1, 0.15) is 17.1 Å². The topological polar surface area (TPSA) is 112 Å². The molecule has 0 aliphatic carbocycles. The van der Waals surface area contributed by atoms with E-state index < -0.39 is 23.4 Å². The molecule has 12 heteroatoms. The number of benzene rings is 1. The third-order valence-electron chi connectivity index (χ3n) is 4.52. The minimum atomic E-state index is -0.694. The largest absolute Gasteiger partial charge is 0.443 e. The van der Waals surface area contributed by atoms with Gasteiger partial charge in [-0.05, 0) is 39.0 Å². The fourth-order valence-electron chi connectivity index (χ4n) is 3.10. The highest BCUT2D eigenvalue weighted by atomic mass is 35.5. The summed E-state index contributed by atoms with van der Waals surface area (Å²) < 4.78 is 19.5. The van der Waals surface area contributed by atoms with Crippen LogP contribution in [0.25, 0.3) is 0 Å². The van der Waals surface area contributed by atoms with Crippen LogP contribution >= 0.6 is 23.2 Å². The van der Waals surface area contributed by atoms with Crippen molar-refractivity contribution in [1.29, 1.82) is 0 Å². The molecule has 2 amide bonds. The monoisotopic (exact) mass is 472 g/mol. The van der Waals surface area contributed by atoms with Gasteiger partial charge in [0, 0.05) is 30.2 Å². The Kier molecular flexibility index (Phi) is 6.54. The fourth-order valence-corrected chi connectivity index (χ4v) is 3.59. The van der Waals surface area contributed by atoms with Crippen molar-refractivity contribution in [3.8, 4) is 0 Å². The van der Waals surface area contributed by atoms with Crippen molar-refractivity contribution in [3.05, 3.63) is 56.8 Å². The van der Waals surface area contributed by atoms with Gasteiger partial charge in [0.25, 0.3) is 5.91 Å². The number of amides is 2. The number of nitrogens with zero attached hydrogens (tertiary/aromatic N) is 2. The van der Waals surface area contributed by atoms with Crippen molar-refractivity contribution in [2.24, 2.45) is 5.84 Å². The van der Waals surface area contributed by atoms with Gasteiger partial charge in [-0.25, -0.2) is 15.0 Å². The van der Waals surface area contributed by atoms with Crippen LogP contribution in [-0.2, 0) is 16.1 Å². The van der Waals surface area contributed by atoms with Gasteiger partial charge < -0.3 is 9.64 Å². The molecule has 0 atom stereocenters. The highest BCUT2D eigenvalue weighted by molar-refractivity contribution is 6.36. The Morgan fingerprint density at radius 1 is 1.26 bits per heavy atom. The summed E-state index contributed by atoms with van der Waals surface area (Å²) >= 11 is 12.4. The molecule has 0 aromatic heterocycles. The van der Waals surface area contributed by atoms with Gasteiger partial charge in [-0.2, -0.15) is 0 Å². The van der Waals surface area contributed by atoms with Crippen LogP contribution in [0.1, 0.15) is 26.3 Å². The molecular weight excluding hydrogens is 450 g/mol. The van der Waals surface area contributed by atoms with Crippen molar-refractivity contribution in [2.45, 2.75) is 32.9 Å². The average molecular weight is 473 g/mol. The molecule has 31 heavy (non-hydrogen) atoms. The van der Waals surface area contributed by atoms with Crippen LogP contribution in [0.4, 0.5) is 9.18 Å². The third-order valence-corrected chi connectivity index (χ3v) is 5.28. The number of hydrazine groups is 2. The summed E-state index contributed by atoms with van der Waals surface area (Å²) in [6, 6.07) is 2.61. The first-order chi connectivity index (χ1) is 14.5. The smallest absolute Gasteiger partial charge is 0.416 e. The third kappa shape index (κ3) is 4.97. The Labute approximate surface area is 188 Å². The molecule has 2 aliphatic rings. The van der Waals surface area contributed by atoms with Gasteiger partial charge in [-0.15, -0.1) is 0 Å². The predicted molar refractivity (Wildman–Crippen MR) is 113 cm³/mol. The molecule has 1 aromatic rings. The van der Waals surface area contributed by atoms with Gasteiger partial charge in [0.2, 0.25) is 0 Å². The van der Waals surface area contributed by atoms with Gasteiger partial charge in [0.05, 0.1) is 10.7 Å². The minimum Gasteiger partial charge on any atom is -0.443 e. The summed E-state index contributed by atoms with van der Waals surface area (Å²) in [5.41, 5.74) is 7.88. The van der Waals surface area contributed by atoms with E-state index in [0.29, 0.717) is 28.6 Å². The molecule has 1 aromatic carbocycles. The van der Waals surface area contributed by atoms with Gasteiger partial charge in [0.15, 0.2) is 5.82 Å². The maximum absolute atomic E-state index is 14.0. The van der Waals surface area contributed by atoms with Crippen LogP contribution < -0.4 is 22.1 Å². The molecular formula is C19H23Cl2FN6O3.